The average molecular weight is 493 g/mol. The highest BCUT2D eigenvalue weighted by molar-refractivity contribution is 5.77. The predicted molar refractivity (Wildman–Crippen MR) is 113 cm³/mol. The number of likely N-dealkylation sites (tertiary alicyclic amines) is 3. The third kappa shape index (κ3) is 3.87. The van der Waals surface area contributed by atoms with E-state index in [1.54, 1.807) is 0 Å². The van der Waals surface area contributed by atoms with Crippen LogP contribution in [0.1, 0.15) is 55.2 Å². The van der Waals surface area contributed by atoms with Crippen LogP contribution in [0.2, 0.25) is 0 Å². The Hall–Kier alpha value is -2.70. The van der Waals surface area contributed by atoms with Crippen LogP contribution in [0, 0.1) is 10.8 Å². The van der Waals surface area contributed by atoms with E-state index < -0.39 is 12.6 Å². The number of urea groups is 1. The van der Waals surface area contributed by atoms with Gasteiger partial charge in [-0.25, -0.2) is 14.5 Å². The third-order valence-corrected chi connectivity index (χ3v) is 8.17. The van der Waals surface area contributed by atoms with Gasteiger partial charge in [0.15, 0.2) is 11.6 Å². The van der Waals surface area contributed by atoms with E-state index in [1.807, 2.05) is 20.8 Å². The maximum absolute atomic E-state index is 12.9. The monoisotopic (exact) mass is 492 g/mol. The minimum Gasteiger partial charge on any atom is -0.338 e. The van der Waals surface area contributed by atoms with Crippen LogP contribution in [0.3, 0.4) is 0 Å². The van der Waals surface area contributed by atoms with E-state index in [2.05, 4.69) is 25.1 Å². The molecule has 2 spiro atoms. The van der Waals surface area contributed by atoms with Crippen molar-refractivity contribution >= 4 is 6.03 Å². The SMILES string of the molecule is O=C(N1CC2(CC(n3cnc(C4CC4)n3)C2)C1)N1CC2(CN(Cc3nc(CC(F)(F)F)no3)C2)C1. The Morgan fingerprint density at radius 2 is 1.74 bits per heavy atom. The maximum atomic E-state index is 12.9. The molecule has 188 valence electrons. The Kier molecular flexibility index (Phi) is 4.42. The van der Waals surface area contributed by atoms with Crippen molar-refractivity contribution in [1.82, 2.24) is 39.6 Å². The number of hydrogen-bond acceptors (Lipinski definition) is 7. The van der Waals surface area contributed by atoms with Crippen LogP contribution in [-0.2, 0) is 13.0 Å². The fraction of sp³-hybridized carbons (Fsp3) is 0.773. The van der Waals surface area contributed by atoms with Crippen LogP contribution in [0.4, 0.5) is 18.0 Å². The molecule has 10 nitrogen and oxygen atoms in total. The maximum Gasteiger partial charge on any atom is 0.396 e. The van der Waals surface area contributed by atoms with E-state index in [4.69, 9.17) is 4.52 Å². The lowest BCUT2D eigenvalue weighted by atomic mass is 9.60. The van der Waals surface area contributed by atoms with Crippen molar-refractivity contribution < 1.29 is 22.5 Å². The summed E-state index contributed by atoms with van der Waals surface area (Å²) in [5.41, 5.74) is 0.331. The van der Waals surface area contributed by atoms with Gasteiger partial charge in [-0.2, -0.15) is 23.3 Å². The lowest BCUT2D eigenvalue weighted by Crippen LogP contribution is -2.75. The number of rotatable bonds is 5. The molecule has 0 atom stereocenters. The molecule has 0 N–H and O–H groups in total. The second kappa shape index (κ2) is 7.17. The standard InChI is InChI=1S/C22H27F3N8O2/c23-22(24,25)5-16-27-17(35-29-16)6-30-7-21(8-30)11-32(12-21)19(34)31-9-20(10-31)3-15(4-20)33-13-26-18(28-33)14-1-2-14/h13-15H,1-12H2. The van der Waals surface area contributed by atoms with Gasteiger partial charge in [-0.1, -0.05) is 5.16 Å². The van der Waals surface area contributed by atoms with Gasteiger partial charge < -0.3 is 14.3 Å². The zero-order chi connectivity index (χ0) is 24.0. The van der Waals surface area contributed by atoms with Crippen molar-refractivity contribution in [3.63, 3.8) is 0 Å². The van der Waals surface area contributed by atoms with Crippen LogP contribution in [-0.4, -0.2) is 91.1 Å². The van der Waals surface area contributed by atoms with Gasteiger partial charge in [0.1, 0.15) is 12.7 Å². The summed E-state index contributed by atoms with van der Waals surface area (Å²) >= 11 is 0. The molecule has 5 fully saturated rings. The summed E-state index contributed by atoms with van der Waals surface area (Å²) in [6, 6.07) is 0.525. The second-order valence-electron chi connectivity index (χ2n) is 11.5. The molecular formula is C22H27F3N8O2. The Morgan fingerprint density at radius 1 is 1.06 bits per heavy atom. The number of alkyl halides is 3. The zero-order valence-electron chi connectivity index (χ0n) is 19.2. The summed E-state index contributed by atoms with van der Waals surface area (Å²) in [6.45, 7) is 4.98. The Labute approximate surface area is 199 Å². The summed E-state index contributed by atoms with van der Waals surface area (Å²) in [7, 11) is 0. The summed E-state index contributed by atoms with van der Waals surface area (Å²) in [6.07, 6.45) is 0.864. The van der Waals surface area contributed by atoms with Gasteiger partial charge in [-0.05, 0) is 25.7 Å². The molecule has 2 aromatic heterocycles. The molecule has 0 radical (unpaired) electrons. The van der Waals surface area contributed by atoms with E-state index in [-0.39, 0.29) is 28.6 Å². The van der Waals surface area contributed by atoms with Crippen LogP contribution in [0.5, 0.6) is 0 Å². The highest BCUT2D eigenvalue weighted by Crippen LogP contribution is 2.54. The van der Waals surface area contributed by atoms with Crippen molar-refractivity contribution in [2.24, 2.45) is 10.8 Å². The lowest BCUT2D eigenvalue weighted by Gasteiger charge is -2.63. The van der Waals surface area contributed by atoms with Gasteiger partial charge in [0.2, 0.25) is 5.89 Å². The van der Waals surface area contributed by atoms with Crippen LogP contribution >= 0.6 is 0 Å². The molecule has 5 aliphatic rings. The van der Waals surface area contributed by atoms with Crippen molar-refractivity contribution in [3.05, 3.63) is 23.9 Å². The number of carbonyl (C=O) groups excluding carboxylic acids is 1. The van der Waals surface area contributed by atoms with Crippen molar-refractivity contribution in [3.8, 4) is 0 Å². The quantitative estimate of drug-likeness (QED) is 0.632. The molecule has 0 unspecified atom stereocenters. The van der Waals surface area contributed by atoms with Crippen molar-refractivity contribution in [2.75, 3.05) is 39.3 Å². The summed E-state index contributed by atoms with van der Waals surface area (Å²) in [5, 5.41) is 8.07. The molecule has 0 bridgehead atoms. The first-order chi connectivity index (χ1) is 16.7. The fourth-order valence-corrected chi connectivity index (χ4v) is 6.39. The van der Waals surface area contributed by atoms with Gasteiger partial charge in [0.05, 0.1) is 12.6 Å². The topological polar surface area (TPSA) is 96.4 Å². The molecule has 2 amide bonds. The predicted octanol–water partition coefficient (Wildman–Crippen LogP) is 2.22. The van der Waals surface area contributed by atoms with E-state index >= 15 is 0 Å². The van der Waals surface area contributed by atoms with Crippen molar-refractivity contribution in [2.45, 2.75) is 56.8 Å². The fourth-order valence-electron chi connectivity index (χ4n) is 6.39. The first kappa shape index (κ1) is 21.6. The molecular weight excluding hydrogens is 465 g/mol. The average Bonchev–Trinajstić information content (AvgIpc) is 3.24. The molecule has 0 aromatic carbocycles. The number of amides is 2. The van der Waals surface area contributed by atoms with E-state index in [1.165, 1.54) is 12.8 Å². The number of aromatic nitrogens is 5. The van der Waals surface area contributed by atoms with Gasteiger partial charge >= 0.3 is 12.2 Å². The van der Waals surface area contributed by atoms with Crippen LogP contribution in [0.25, 0.3) is 0 Å². The Bertz CT molecular complexity index is 1130. The summed E-state index contributed by atoms with van der Waals surface area (Å²) < 4.78 is 44.3. The molecule has 3 aliphatic heterocycles. The highest BCUT2D eigenvalue weighted by Gasteiger charge is 2.58. The molecule has 2 aromatic rings. The Morgan fingerprint density at radius 3 is 2.40 bits per heavy atom. The third-order valence-electron chi connectivity index (χ3n) is 8.17. The van der Waals surface area contributed by atoms with Crippen LogP contribution < -0.4 is 0 Å². The first-order valence-corrected chi connectivity index (χ1v) is 12.2. The number of halogens is 3. The summed E-state index contributed by atoms with van der Waals surface area (Å²) in [4.78, 5) is 27.1. The van der Waals surface area contributed by atoms with Gasteiger partial charge in [0, 0.05) is 56.0 Å². The molecule has 35 heavy (non-hydrogen) atoms. The largest absolute Gasteiger partial charge is 0.396 e. The number of nitrogens with zero attached hydrogens (tertiary/aromatic N) is 8. The number of carbonyl (C=O) groups is 1. The van der Waals surface area contributed by atoms with Crippen molar-refractivity contribution in [1.29, 1.82) is 0 Å². The minimum atomic E-state index is -4.35. The van der Waals surface area contributed by atoms with Gasteiger partial charge in [-0.15, -0.1) is 0 Å². The molecule has 2 saturated carbocycles. The van der Waals surface area contributed by atoms with Gasteiger partial charge in [-0.3, -0.25) is 4.90 Å². The minimum absolute atomic E-state index is 0.0843. The lowest BCUT2D eigenvalue weighted by molar-refractivity contribution is -0.128. The summed E-state index contributed by atoms with van der Waals surface area (Å²) in [5.74, 6) is 1.42. The molecule has 3 saturated heterocycles. The number of hydrogen-bond donors (Lipinski definition) is 0. The molecule has 7 rings (SSSR count). The highest BCUT2D eigenvalue weighted by atomic mass is 19.4. The zero-order valence-corrected chi connectivity index (χ0v) is 19.2. The van der Waals surface area contributed by atoms with Crippen LogP contribution in [0.15, 0.2) is 10.9 Å². The normalized spacial score (nSPS) is 25.3. The first-order valence-electron chi connectivity index (χ1n) is 12.2. The molecule has 5 heterocycles. The smallest absolute Gasteiger partial charge is 0.338 e. The van der Waals surface area contributed by atoms with Gasteiger partial charge in [0.25, 0.3) is 0 Å². The van der Waals surface area contributed by atoms with E-state index in [0.29, 0.717) is 18.5 Å². The second-order valence-corrected chi connectivity index (χ2v) is 11.5. The molecule has 13 heteroatoms. The Balaban J connectivity index is 0.832. The molecule has 2 aliphatic carbocycles. The van der Waals surface area contributed by atoms with E-state index in [9.17, 15) is 18.0 Å². The van der Waals surface area contributed by atoms with E-state index in [0.717, 1.165) is 57.9 Å².